The predicted octanol–water partition coefficient (Wildman–Crippen LogP) is 4.84. The van der Waals surface area contributed by atoms with Crippen molar-refractivity contribution in [2.24, 2.45) is 5.92 Å². The van der Waals surface area contributed by atoms with Crippen LogP contribution in [0.15, 0.2) is 12.1 Å². The SMILES string of the molecule is C[C@@H](CCCCNC(=O)CCCCCCCCCCCCCCCNC(=O)c1c(F)cc(B(O)O)cc1F)C(=O)O. The van der Waals surface area contributed by atoms with Gasteiger partial charge in [-0.05, 0) is 43.3 Å². The molecule has 0 saturated heterocycles. The molecule has 0 heterocycles. The zero-order chi connectivity index (χ0) is 30.5. The minimum Gasteiger partial charge on any atom is -0.481 e. The maximum absolute atomic E-state index is 14.0. The highest BCUT2D eigenvalue weighted by molar-refractivity contribution is 6.58. The van der Waals surface area contributed by atoms with Gasteiger partial charge < -0.3 is 25.8 Å². The van der Waals surface area contributed by atoms with Gasteiger partial charge in [0.05, 0.1) is 5.92 Å². The normalized spacial score (nSPS) is 11.7. The van der Waals surface area contributed by atoms with E-state index < -0.39 is 36.2 Å². The van der Waals surface area contributed by atoms with E-state index in [0.717, 1.165) is 69.9 Å². The summed E-state index contributed by atoms with van der Waals surface area (Å²) >= 11 is 0. The van der Waals surface area contributed by atoms with E-state index in [1.54, 1.807) is 6.92 Å². The average Bonchev–Trinajstić information content (AvgIpc) is 2.91. The molecular formula is C30H49BF2N2O6. The van der Waals surface area contributed by atoms with E-state index in [1.807, 2.05) is 0 Å². The number of benzene rings is 1. The number of carbonyl (C=O) groups excluding carboxylic acids is 2. The van der Waals surface area contributed by atoms with Crippen molar-refractivity contribution in [1.82, 2.24) is 10.6 Å². The van der Waals surface area contributed by atoms with E-state index in [0.29, 0.717) is 25.9 Å². The Balaban J connectivity index is 1.89. The molecule has 0 saturated carbocycles. The maximum atomic E-state index is 14.0. The third kappa shape index (κ3) is 17.1. The first-order valence-corrected chi connectivity index (χ1v) is 15.3. The molecule has 0 bridgehead atoms. The molecule has 1 atom stereocenters. The molecule has 0 aliphatic rings. The molecule has 1 rings (SSSR count). The van der Waals surface area contributed by atoms with Gasteiger partial charge in [-0.25, -0.2) is 8.78 Å². The Morgan fingerprint density at radius 1 is 0.732 bits per heavy atom. The van der Waals surface area contributed by atoms with Crippen LogP contribution in [-0.4, -0.2) is 53.1 Å². The fraction of sp³-hybridized carbons (Fsp3) is 0.700. The van der Waals surface area contributed by atoms with Crippen LogP contribution in [0.2, 0.25) is 0 Å². The molecule has 2 amide bonds. The van der Waals surface area contributed by atoms with Crippen LogP contribution in [0.4, 0.5) is 8.78 Å². The Bertz CT molecular complexity index is 896. The topological polar surface area (TPSA) is 136 Å². The number of amides is 2. The first kappa shape index (κ1) is 36.5. The molecule has 1 aromatic carbocycles. The van der Waals surface area contributed by atoms with Gasteiger partial charge in [-0.1, -0.05) is 84.0 Å². The molecule has 0 unspecified atom stereocenters. The van der Waals surface area contributed by atoms with Crippen LogP contribution in [0, 0.1) is 17.6 Å². The molecule has 11 heteroatoms. The molecule has 0 aliphatic heterocycles. The maximum Gasteiger partial charge on any atom is 0.488 e. The van der Waals surface area contributed by atoms with E-state index in [9.17, 15) is 23.2 Å². The molecule has 0 spiro atoms. The molecule has 0 aromatic heterocycles. The quantitative estimate of drug-likeness (QED) is 0.0874. The number of nitrogens with one attached hydrogen (secondary N) is 2. The number of unbranched alkanes of at least 4 members (excludes halogenated alkanes) is 13. The van der Waals surface area contributed by atoms with Crippen molar-refractivity contribution < 1.29 is 38.3 Å². The van der Waals surface area contributed by atoms with Crippen LogP contribution in [-0.2, 0) is 9.59 Å². The van der Waals surface area contributed by atoms with Crippen LogP contribution in [0.3, 0.4) is 0 Å². The van der Waals surface area contributed by atoms with Crippen molar-refractivity contribution in [2.75, 3.05) is 13.1 Å². The summed E-state index contributed by atoms with van der Waals surface area (Å²) in [5.41, 5.74) is -1.06. The molecule has 5 N–H and O–H groups in total. The van der Waals surface area contributed by atoms with E-state index in [2.05, 4.69) is 10.6 Å². The largest absolute Gasteiger partial charge is 0.488 e. The Morgan fingerprint density at radius 2 is 1.17 bits per heavy atom. The first-order valence-electron chi connectivity index (χ1n) is 15.3. The highest BCUT2D eigenvalue weighted by Crippen LogP contribution is 2.14. The Hall–Kier alpha value is -2.53. The number of rotatable bonds is 24. The summed E-state index contributed by atoms with van der Waals surface area (Å²) in [6.07, 6.45) is 16.9. The second kappa shape index (κ2) is 22.1. The number of aliphatic carboxylic acids is 1. The van der Waals surface area contributed by atoms with Crippen LogP contribution in [0.25, 0.3) is 0 Å². The minimum absolute atomic E-state index is 0.0826. The number of halogens is 2. The van der Waals surface area contributed by atoms with E-state index in [4.69, 9.17) is 15.2 Å². The van der Waals surface area contributed by atoms with Gasteiger partial charge in [0.25, 0.3) is 5.91 Å². The first-order chi connectivity index (χ1) is 19.6. The van der Waals surface area contributed by atoms with E-state index in [1.165, 1.54) is 38.5 Å². The third-order valence-electron chi connectivity index (χ3n) is 7.26. The summed E-state index contributed by atoms with van der Waals surface area (Å²) in [7, 11) is -2.01. The van der Waals surface area contributed by atoms with Crippen molar-refractivity contribution in [3.63, 3.8) is 0 Å². The standard InChI is InChI=1S/C30H49BF2N2O6/c1-23(30(38)39)17-14-16-19-34-27(36)18-13-11-9-7-5-3-2-4-6-8-10-12-15-20-35-29(37)28-25(32)21-24(31(40)41)22-26(28)33/h21-23,40-41H,2-20H2,1H3,(H,34,36)(H,35,37)(H,38,39)/t23-/m0/s1. The third-order valence-corrected chi connectivity index (χ3v) is 7.26. The fourth-order valence-corrected chi connectivity index (χ4v) is 4.62. The summed E-state index contributed by atoms with van der Waals surface area (Å²) in [6.45, 7) is 2.64. The summed E-state index contributed by atoms with van der Waals surface area (Å²) in [5.74, 6) is -4.11. The van der Waals surface area contributed by atoms with Gasteiger partial charge in [0, 0.05) is 19.5 Å². The molecule has 0 fully saturated rings. The van der Waals surface area contributed by atoms with Crippen molar-refractivity contribution in [2.45, 2.75) is 116 Å². The Kier molecular flexibility index (Phi) is 19.7. The smallest absolute Gasteiger partial charge is 0.481 e. The van der Waals surface area contributed by atoms with Gasteiger partial charge in [0.2, 0.25) is 5.91 Å². The summed E-state index contributed by atoms with van der Waals surface area (Å²) in [6, 6.07) is 1.48. The second-order valence-electron chi connectivity index (χ2n) is 10.9. The van der Waals surface area contributed by atoms with Gasteiger partial charge >= 0.3 is 13.1 Å². The number of carboxylic acid groups (broad SMARTS) is 1. The lowest BCUT2D eigenvalue weighted by Crippen LogP contribution is -2.33. The van der Waals surface area contributed by atoms with Gasteiger partial charge in [0.15, 0.2) is 0 Å². The van der Waals surface area contributed by atoms with Gasteiger partial charge in [0.1, 0.15) is 17.2 Å². The minimum atomic E-state index is -2.01. The highest BCUT2D eigenvalue weighted by atomic mass is 19.1. The van der Waals surface area contributed by atoms with Crippen LogP contribution >= 0.6 is 0 Å². The van der Waals surface area contributed by atoms with Crippen LogP contribution < -0.4 is 16.1 Å². The Labute approximate surface area is 243 Å². The van der Waals surface area contributed by atoms with Crippen molar-refractivity contribution in [3.05, 3.63) is 29.3 Å². The zero-order valence-electron chi connectivity index (χ0n) is 24.6. The molecular weight excluding hydrogens is 533 g/mol. The molecule has 1 aromatic rings. The summed E-state index contributed by atoms with van der Waals surface area (Å²) < 4.78 is 28.0. The van der Waals surface area contributed by atoms with Crippen molar-refractivity contribution in [3.8, 4) is 0 Å². The van der Waals surface area contributed by atoms with Crippen molar-refractivity contribution >= 4 is 30.4 Å². The molecule has 8 nitrogen and oxygen atoms in total. The van der Waals surface area contributed by atoms with Gasteiger partial charge in [-0.15, -0.1) is 0 Å². The fourth-order valence-electron chi connectivity index (χ4n) is 4.62. The lowest BCUT2D eigenvalue weighted by Gasteiger charge is -2.09. The molecule has 232 valence electrons. The molecule has 0 aliphatic carbocycles. The predicted molar refractivity (Wildman–Crippen MR) is 157 cm³/mol. The lowest BCUT2D eigenvalue weighted by atomic mass is 9.79. The summed E-state index contributed by atoms with van der Waals surface area (Å²) in [4.78, 5) is 34.7. The van der Waals surface area contributed by atoms with Gasteiger partial charge in [-0.2, -0.15) is 0 Å². The highest BCUT2D eigenvalue weighted by Gasteiger charge is 2.22. The second-order valence-corrected chi connectivity index (χ2v) is 10.9. The average molecular weight is 583 g/mol. The number of hydrogen-bond donors (Lipinski definition) is 5. The zero-order valence-corrected chi connectivity index (χ0v) is 24.6. The molecule has 41 heavy (non-hydrogen) atoms. The van der Waals surface area contributed by atoms with Crippen molar-refractivity contribution in [1.29, 1.82) is 0 Å². The van der Waals surface area contributed by atoms with Crippen LogP contribution in [0.1, 0.15) is 126 Å². The number of carboxylic acids is 1. The van der Waals surface area contributed by atoms with Crippen LogP contribution in [0.5, 0.6) is 0 Å². The molecule has 0 radical (unpaired) electrons. The number of hydrogen-bond acceptors (Lipinski definition) is 5. The van der Waals surface area contributed by atoms with E-state index >= 15 is 0 Å². The summed E-state index contributed by atoms with van der Waals surface area (Å²) in [5, 5.41) is 32.3. The van der Waals surface area contributed by atoms with Gasteiger partial charge in [-0.3, -0.25) is 14.4 Å². The number of carbonyl (C=O) groups is 3. The monoisotopic (exact) mass is 582 g/mol. The Morgan fingerprint density at radius 3 is 1.66 bits per heavy atom. The lowest BCUT2D eigenvalue weighted by molar-refractivity contribution is -0.141. The van der Waals surface area contributed by atoms with E-state index in [-0.39, 0.29) is 17.3 Å².